The predicted octanol–water partition coefficient (Wildman–Crippen LogP) is 2.20. The molecule has 4 heteroatoms. The van der Waals surface area contributed by atoms with Crippen molar-refractivity contribution in [2.45, 2.75) is 38.8 Å². The van der Waals surface area contributed by atoms with Crippen molar-refractivity contribution in [2.75, 3.05) is 7.11 Å². The molecule has 1 aromatic carbocycles. The summed E-state index contributed by atoms with van der Waals surface area (Å²) >= 11 is 0. The van der Waals surface area contributed by atoms with Gasteiger partial charge in [-0.05, 0) is 30.9 Å². The van der Waals surface area contributed by atoms with Crippen LogP contribution in [0, 0.1) is 5.92 Å². The minimum atomic E-state index is -0.647. The number of phenols is 1. The van der Waals surface area contributed by atoms with Crippen LogP contribution in [0.3, 0.4) is 0 Å². The fraction of sp³-hybridized carbons (Fsp3) is 0.571. The lowest BCUT2D eigenvalue weighted by Crippen LogP contribution is -2.26. The van der Waals surface area contributed by atoms with Crippen LogP contribution >= 0.6 is 0 Å². The smallest absolute Gasteiger partial charge is 0.124 e. The van der Waals surface area contributed by atoms with Crippen LogP contribution < -0.4 is 10.5 Å². The zero-order valence-electron chi connectivity index (χ0n) is 11.3. The maximum atomic E-state index is 10.0. The standard InChI is InChI=1S/C14H23NO3/c1-9(2)4-7-12(16)14(15)11-6-5-10(18-3)8-13(11)17/h5-6,8-9,12,14,16-17H,4,7,15H2,1-3H3/t12-,14+/m1/s1. The van der Waals surface area contributed by atoms with E-state index in [-0.39, 0.29) is 5.75 Å². The van der Waals surface area contributed by atoms with Gasteiger partial charge in [-0.3, -0.25) is 0 Å². The normalized spacial score (nSPS) is 14.6. The molecule has 4 nitrogen and oxygen atoms in total. The van der Waals surface area contributed by atoms with E-state index in [9.17, 15) is 10.2 Å². The lowest BCUT2D eigenvalue weighted by molar-refractivity contribution is 0.127. The second kappa shape index (κ2) is 6.61. The van der Waals surface area contributed by atoms with Crippen LogP contribution in [0.4, 0.5) is 0 Å². The van der Waals surface area contributed by atoms with Gasteiger partial charge in [0, 0.05) is 11.6 Å². The number of ether oxygens (including phenoxy) is 1. The molecule has 18 heavy (non-hydrogen) atoms. The van der Waals surface area contributed by atoms with E-state index in [4.69, 9.17) is 10.5 Å². The number of phenolic OH excluding ortho intramolecular Hbond substituents is 1. The summed E-state index contributed by atoms with van der Waals surface area (Å²) in [5, 5.41) is 19.9. The van der Waals surface area contributed by atoms with Crippen LogP contribution in [-0.2, 0) is 0 Å². The molecule has 1 aromatic rings. The molecule has 0 radical (unpaired) electrons. The third-order valence-corrected chi connectivity index (χ3v) is 3.05. The summed E-state index contributed by atoms with van der Waals surface area (Å²) < 4.78 is 5.01. The van der Waals surface area contributed by atoms with Gasteiger partial charge in [0.15, 0.2) is 0 Å². The van der Waals surface area contributed by atoms with Gasteiger partial charge < -0.3 is 20.7 Å². The fourth-order valence-electron chi connectivity index (χ4n) is 1.82. The summed E-state index contributed by atoms with van der Waals surface area (Å²) in [6, 6.07) is 4.35. The van der Waals surface area contributed by atoms with Crippen molar-refractivity contribution in [3.8, 4) is 11.5 Å². The Morgan fingerprint density at radius 3 is 2.44 bits per heavy atom. The summed E-state index contributed by atoms with van der Waals surface area (Å²) in [4.78, 5) is 0. The minimum Gasteiger partial charge on any atom is -0.507 e. The van der Waals surface area contributed by atoms with Gasteiger partial charge in [0.25, 0.3) is 0 Å². The number of aliphatic hydroxyl groups excluding tert-OH is 1. The van der Waals surface area contributed by atoms with Crippen LogP contribution in [0.1, 0.15) is 38.3 Å². The van der Waals surface area contributed by atoms with Crippen molar-refractivity contribution in [1.29, 1.82) is 0 Å². The van der Waals surface area contributed by atoms with Crippen molar-refractivity contribution in [3.05, 3.63) is 23.8 Å². The first-order chi connectivity index (χ1) is 8.45. The molecule has 0 aliphatic carbocycles. The topological polar surface area (TPSA) is 75.7 Å². The number of nitrogens with two attached hydrogens (primary N) is 1. The van der Waals surface area contributed by atoms with Gasteiger partial charge in [-0.15, -0.1) is 0 Å². The summed E-state index contributed by atoms with van der Waals surface area (Å²) in [7, 11) is 1.53. The van der Waals surface area contributed by atoms with E-state index in [2.05, 4.69) is 13.8 Å². The van der Waals surface area contributed by atoms with Crippen molar-refractivity contribution in [1.82, 2.24) is 0 Å². The molecule has 0 unspecified atom stereocenters. The summed E-state index contributed by atoms with van der Waals surface area (Å²) in [5.41, 5.74) is 6.51. The Kier molecular flexibility index (Phi) is 5.44. The van der Waals surface area contributed by atoms with Crippen molar-refractivity contribution >= 4 is 0 Å². The second-order valence-corrected chi connectivity index (χ2v) is 4.99. The number of benzene rings is 1. The lowest BCUT2D eigenvalue weighted by Gasteiger charge is -2.21. The van der Waals surface area contributed by atoms with Crippen LogP contribution in [0.25, 0.3) is 0 Å². The number of rotatable bonds is 6. The first-order valence-corrected chi connectivity index (χ1v) is 6.26. The Labute approximate surface area is 108 Å². The van der Waals surface area contributed by atoms with Crippen LogP contribution in [0.15, 0.2) is 18.2 Å². The number of aromatic hydroxyl groups is 1. The molecule has 1 rings (SSSR count). The molecule has 0 aromatic heterocycles. The highest BCUT2D eigenvalue weighted by atomic mass is 16.5. The van der Waals surface area contributed by atoms with Crippen LogP contribution in [-0.4, -0.2) is 23.4 Å². The van der Waals surface area contributed by atoms with Crippen LogP contribution in [0.5, 0.6) is 11.5 Å². The SMILES string of the molecule is COc1ccc([C@H](N)[C@H](O)CCC(C)C)c(O)c1. The average Bonchev–Trinajstić information content (AvgIpc) is 2.34. The maximum absolute atomic E-state index is 10.0. The zero-order chi connectivity index (χ0) is 13.7. The second-order valence-electron chi connectivity index (χ2n) is 4.99. The maximum Gasteiger partial charge on any atom is 0.124 e. The lowest BCUT2D eigenvalue weighted by atomic mass is 9.95. The molecule has 0 spiro atoms. The molecule has 102 valence electrons. The van der Waals surface area contributed by atoms with E-state index in [1.807, 2.05) is 0 Å². The molecular weight excluding hydrogens is 230 g/mol. The molecule has 0 bridgehead atoms. The Morgan fingerprint density at radius 2 is 1.94 bits per heavy atom. The molecule has 2 atom stereocenters. The highest BCUT2D eigenvalue weighted by Crippen LogP contribution is 2.30. The fourth-order valence-corrected chi connectivity index (χ4v) is 1.82. The third-order valence-electron chi connectivity index (χ3n) is 3.05. The number of hydrogen-bond acceptors (Lipinski definition) is 4. The molecule has 4 N–H and O–H groups in total. The van der Waals surface area contributed by atoms with Gasteiger partial charge in [0.1, 0.15) is 11.5 Å². The summed E-state index contributed by atoms with van der Waals surface area (Å²) in [6.45, 7) is 4.20. The van der Waals surface area contributed by atoms with Gasteiger partial charge in [0.2, 0.25) is 0 Å². The monoisotopic (exact) mass is 253 g/mol. The third kappa shape index (κ3) is 3.89. The van der Waals surface area contributed by atoms with Gasteiger partial charge in [0.05, 0.1) is 19.3 Å². The molecular formula is C14H23NO3. The van der Waals surface area contributed by atoms with E-state index in [1.54, 1.807) is 12.1 Å². The number of methoxy groups -OCH3 is 1. The molecule has 0 saturated carbocycles. The van der Waals surface area contributed by atoms with E-state index < -0.39 is 12.1 Å². The van der Waals surface area contributed by atoms with Gasteiger partial charge in [-0.2, -0.15) is 0 Å². The molecule has 0 aliphatic rings. The highest BCUT2D eigenvalue weighted by Gasteiger charge is 2.20. The molecule has 0 heterocycles. The van der Waals surface area contributed by atoms with E-state index in [0.717, 1.165) is 6.42 Å². The quantitative estimate of drug-likeness (QED) is 0.726. The van der Waals surface area contributed by atoms with Crippen LogP contribution in [0.2, 0.25) is 0 Å². The minimum absolute atomic E-state index is 0.0606. The summed E-state index contributed by atoms with van der Waals surface area (Å²) in [6.07, 6.45) is 0.891. The highest BCUT2D eigenvalue weighted by molar-refractivity contribution is 5.41. The first kappa shape index (κ1) is 14.8. The number of hydrogen-bond donors (Lipinski definition) is 3. The van der Waals surface area contributed by atoms with Gasteiger partial charge in [-0.25, -0.2) is 0 Å². The summed E-state index contributed by atoms with van der Waals surface area (Å²) in [5.74, 6) is 1.15. The molecule has 0 aliphatic heterocycles. The van der Waals surface area contributed by atoms with E-state index >= 15 is 0 Å². The molecule has 0 amide bonds. The van der Waals surface area contributed by atoms with E-state index in [0.29, 0.717) is 23.7 Å². The molecule has 0 fully saturated rings. The Balaban J connectivity index is 2.73. The van der Waals surface area contributed by atoms with Gasteiger partial charge >= 0.3 is 0 Å². The van der Waals surface area contributed by atoms with E-state index in [1.165, 1.54) is 13.2 Å². The predicted molar refractivity (Wildman–Crippen MR) is 71.7 cm³/mol. The van der Waals surface area contributed by atoms with Gasteiger partial charge in [-0.1, -0.05) is 13.8 Å². The zero-order valence-corrected chi connectivity index (χ0v) is 11.3. The Morgan fingerprint density at radius 1 is 1.28 bits per heavy atom. The number of aliphatic hydroxyl groups is 1. The molecule has 0 saturated heterocycles. The van der Waals surface area contributed by atoms with Crippen molar-refractivity contribution in [2.24, 2.45) is 11.7 Å². The first-order valence-electron chi connectivity index (χ1n) is 6.26. The Bertz CT molecular complexity index is 379. The van der Waals surface area contributed by atoms with Crippen molar-refractivity contribution < 1.29 is 14.9 Å². The Hall–Kier alpha value is -1.26. The average molecular weight is 253 g/mol. The largest absolute Gasteiger partial charge is 0.507 e. The van der Waals surface area contributed by atoms with Crippen molar-refractivity contribution in [3.63, 3.8) is 0 Å².